The van der Waals surface area contributed by atoms with Gasteiger partial charge in [0.05, 0.1) is 5.56 Å². The summed E-state index contributed by atoms with van der Waals surface area (Å²) in [5, 5.41) is 0. The second-order valence-electron chi connectivity index (χ2n) is 6.22. The number of hydrogen-bond donors (Lipinski definition) is 0. The lowest BCUT2D eigenvalue weighted by Gasteiger charge is -2.32. The monoisotopic (exact) mass is 331 g/mol. The number of benzene rings is 1. The molecule has 1 aromatic rings. The Bertz CT molecular complexity index is 723. The van der Waals surface area contributed by atoms with Crippen LogP contribution in [0.3, 0.4) is 0 Å². The van der Waals surface area contributed by atoms with Crippen molar-refractivity contribution in [3.8, 4) is 0 Å². The third-order valence-electron chi connectivity index (χ3n) is 4.22. The van der Waals surface area contributed by atoms with Crippen LogP contribution in [0.5, 0.6) is 0 Å². The lowest BCUT2D eigenvalue weighted by molar-refractivity contribution is -0.137. The number of allylic oxidation sites excluding steroid dienone is 7. The molecule has 1 unspecified atom stereocenters. The van der Waals surface area contributed by atoms with E-state index in [4.69, 9.17) is 0 Å². The molecule has 0 amide bonds. The average Bonchev–Trinajstić information content (AvgIpc) is 2.56. The van der Waals surface area contributed by atoms with Gasteiger partial charge in [-0.3, -0.25) is 0 Å². The third-order valence-corrected chi connectivity index (χ3v) is 4.22. The van der Waals surface area contributed by atoms with Crippen LogP contribution in [0.4, 0.5) is 18.9 Å². The summed E-state index contributed by atoms with van der Waals surface area (Å²) in [5.41, 5.74) is 1.89. The Morgan fingerprint density at radius 3 is 2.67 bits per heavy atom. The molecule has 1 atom stereocenters. The summed E-state index contributed by atoms with van der Waals surface area (Å²) in [5.74, 6) is 0.373. The second kappa shape index (κ2) is 6.71. The van der Waals surface area contributed by atoms with Crippen LogP contribution in [0.25, 0.3) is 0 Å². The van der Waals surface area contributed by atoms with Gasteiger partial charge in [-0.2, -0.15) is 13.2 Å². The summed E-state index contributed by atoms with van der Waals surface area (Å²) in [6, 6.07) is 5.56. The molecular weight excluding hydrogens is 311 g/mol. The van der Waals surface area contributed by atoms with Crippen molar-refractivity contribution in [3.63, 3.8) is 0 Å². The molecule has 0 saturated carbocycles. The van der Waals surface area contributed by atoms with Gasteiger partial charge in [0.25, 0.3) is 0 Å². The van der Waals surface area contributed by atoms with E-state index < -0.39 is 11.7 Å². The Hall–Kier alpha value is -2.23. The molecule has 0 spiro atoms. The maximum Gasteiger partial charge on any atom is 0.416 e. The van der Waals surface area contributed by atoms with Crippen molar-refractivity contribution >= 4 is 5.69 Å². The summed E-state index contributed by atoms with van der Waals surface area (Å²) in [6.07, 6.45) is 10.6. The topological polar surface area (TPSA) is 3.24 Å². The van der Waals surface area contributed by atoms with Crippen molar-refractivity contribution in [2.24, 2.45) is 5.92 Å². The van der Waals surface area contributed by atoms with Gasteiger partial charge in [-0.25, -0.2) is 0 Å². The third kappa shape index (κ3) is 3.64. The lowest BCUT2D eigenvalue weighted by atomic mass is 9.99. The van der Waals surface area contributed by atoms with Crippen molar-refractivity contribution in [1.82, 2.24) is 0 Å². The molecule has 0 N–H and O–H groups in total. The highest BCUT2D eigenvalue weighted by Crippen LogP contribution is 2.36. The maximum absolute atomic E-state index is 13.1. The van der Waals surface area contributed by atoms with E-state index in [1.807, 2.05) is 23.1 Å². The molecule has 0 saturated heterocycles. The predicted molar refractivity (Wildman–Crippen MR) is 91.4 cm³/mol. The fourth-order valence-corrected chi connectivity index (χ4v) is 3.05. The Kier molecular flexibility index (Phi) is 4.65. The Morgan fingerprint density at radius 1 is 1.17 bits per heavy atom. The Morgan fingerprint density at radius 2 is 2.00 bits per heavy atom. The summed E-state index contributed by atoms with van der Waals surface area (Å²) >= 11 is 0. The Labute approximate surface area is 140 Å². The molecule has 0 aromatic heterocycles. The second-order valence-corrected chi connectivity index (χ2v) is 6.22. The van der Waals surface area contributed by atoms with Gasteiger partial charge >= 0.3 is 6.18 Å². The summed E-state index contributed by atoms with van der Waals surface area (Å²) in [7, 11) is 0. The highest BCUT2D eigenvalue weighted by atomic mass is 19.4. The number of alkyl halides is 3. The van der Waals surface area contributed by atoms with Gasteiger partial charge in [-0.15, -0.1) is 0 Å². The van der Waals surface area contributed by atoms with E-state index in [9.17, 15) is 13.2 Å². The van der Waals surface area contributed by atoms with Gasteiger partial charge in [0, 0.05) is 17.1 Å². The van der Waals surface area contributed by atoms with E-state index in [1.54, 1.807) is 6.07 Å². The van der Waals surface area contributed by atoms with Crippen LogP contribution in [-0.4, -0.2) is 0 Å². The van der Waals surface area contributed by atoms with Crippen molar-refractivity contribution in [2.75, 3.05) is 4.90 Å². The molecule has 24 heavy (non-hydrogen) atoms. The fourth-order valence-electron chi connectivity index (χ4n) is 3.05. The molecular formula is C20H20F3N. The number of hydrogen-bond acceptors (Lipinski definition) is 1. The molecule has 126 valence electrons. The molecule has 0 aliphatic heterocycles. The molecule has 3 rings (SSSR count). The molecule has 1 nitrogen and oxygen atoms in total. The molecule has 2 aliphatic carbocycles. The smallest absolute Gasteiger partial charge is 0.315 e. The zero-order chi connectivity index (χ0) is 17.2. The van der Waals surface area contributed by atoms with E-state index >= 15 is 0 Å². The minimum Gasteiger partial charge on any atom is -0.315 e. The minimum atomic E-state index is -4.34. The first-order valence-electron chi connectivity index (χ1n) is 8.16. The van der Waals surface area contributed by atoms with Crippen LogP contribution in [0, 0.1) is 5.92 Å². The molecule has 0 heterocycles. The zero-order valence-corrected chi connectivity index (χ0v) is 13.6. The molecule has 0 fully saturated rings. The Balaban J connectivity index is 2.07. The van der Waals surface area contributed by atoms with Crippen LogP contribution in [0.2, 0.25) is 0 Å². The van der Waals surface area contributed by atoms with E-state index in [-0.39, 0.29) is 0 Å². The lowest BCUT2D eigenvalue weighted by Crippen LogP contribution is -2.23. The largest absolute Gasteiger partial charge is 0.416 e. The van der Waals surface area contributed by atoms with Crippen molar-refractivity contribution in [2.45, 2.75) is 32.4 Å². The van der Waals surface area contributed by atoms with Gasteiger partial charge in [0.1, 0.15) is 0 Å². The predicted octanol–water partition coefficient (Wildman–Crippen LogP) is 6.23. The first-order valence-corrected chi connectivity index (χ1v) is 8.16. The molecule has 2 aliphatic rings. The summed E-state index contributed by atoms with van der Waals surface area (Å²) in [4.78, 5) is 1.95. The minimum absolute atomic E-state index is 0.373. The van der Waals surface area contributed by atoms with Crippen LogP contribution in [0.15, 0.2) is 72.1 Å². The van der Waals surface area contributed by atoms with E-state index in [2.05, 4.69) is 25.2 Å². The van der Waals surface area contributed by atoms with Crippen molar-refractivity contribution in [1.29, 1.82) is 0 Å². The average molecular weight is 331 g/mol. The van der Waals surface area contributed by atoms with Crippen molar-refractivity contribution in [3.05, 3.63) is 77.7 Å². The van der Waals surface area contributed by atoms with Crippen LogP contribution in [-0.2, 0) is 6.18 Å². The fraction of sp³-hybridized carbons (Fsp3) is 0.300. The highest BCUT2D eigenvalue weighted by Gasteiger charge is 2.31. The van der Waals surface area contributed by atoms with Gasteiger partial charge in [-0.1, -0.05) is 37.3 Å². The standard InChI is InChI=1S/C20H20F3N/c1-15-7-5-11-18(13-15)24(17-9-3-2-4-10-17)19-12-6-8-16(14-19)20(21,22)23/h2-3,5-6,8-9,11-15H,4,7,10H2,1H3. The van der Waals surface area contributed by atoms with Gasteiger partial charge in [0.2, 0.25) is 0 Å². The zero-order valence-electron chi connectivity index (χ0n) is 13.6. The quantitative estimate of drug-likeness (QED) is 0.635. The number of anilines is 1. The molecule has 0 radical (unpaired) electrons. The molecule has 0 bridgehead atoms. The first-order chi connectivity index (χ1) is 11.4. The van der Waals surface area contributed by atoms with Gasteiger partial charge < -0.3 is 4.90 Å². The number of halogens is 3. The number of rotatable bonds is 3. The van der Waals surface area contributed by atoms with E-state index in [0.717, 1.165) is 36.7 Å². The van der Waals surface area contributed by atoms with Gasteiger partial charge in [-0.05, 0) is 55.5 Å². The highest BCUT2D eigenvalue weighted by molar-refractivity contribution is 5.62. The SMILES string of the molecule is CC1C=C(N(C2=CC=CCC2)c2cccc(C(F)(F)F)c2)C=CC1. The van der Waals surface area contributed by atoms with E-state index in [1.165, 1.54) is 12.1 Å². The number of nitrogens with zero attached hydrogens (tertiary/aromatic N) is 1. The first kappa shape index (κ1) is 16.6. The normalized spacial score (nSPS) is 20.6. The van der Waals surface area contributed by atoms with Crippen molar-refractivity contribution < 1.29 is 13.2 Å². The van der Waals surface area contributed by atoms with E-state index in [0.29, 0.717) is 11.6 Å². The molecule has 4 heteroatoms. The summed E-state index contributed by atoms with van der Waals surface area (Å²) in [6.45, 7) is 2.11. The maximum atomic E-state index is 13.1. The van der Waals surface area contributed by atoms with Crippen LogP contribution in [0.1, 0.15) is 31.7 Å². The summed E-state index contributed by atoms with van der Waals surface area (Å²) < 4.78 is 39.3. The molecule has 1 aromatic carbocycles. The van der Waals surface area contributed by atoms with Gasteiger partial charge in [0.15, 0.2) is 0 Å². The van der Waals surface area contributed by atoms with Crippen LogP contribution < -0.4 is 4.90 Å². The van der Waals surface area contributed by atoms with Crippen LogP contribution >= 0.6 is 0 Å².